The number of rotatable bonds is 13. The predicted octanol–water partition coefficient (Wildman–Crippen LogP) is 5.08. The molecular weight excluding hydrogens is 430 g/mol. The zero-order valence-electron chi connectivity index (χ0n) is 21.3. The third-order valence-electron chi connectivity index (χ3n) is 7.06. The summed E-state index contributed by atoms with van der Waals surface area (Å²) >= 11 is 0. The van der Waals surface area contributed by atoms with Gasteiger partial charge in [-0.2, -0.15) is 0 Å². The van der Waals surface area contributed by atoms with Gasteiger partial charge >= 0.3 is 0 Å². The summed E-state index contributed by atoms with van der Waals surface area (Å²) in [6, 6.07) is 19.1. The van der Waals surface area contributed by atoms with E-state index in [9.17, 15) is 0 Å². The highest BCUT2D eigenvalue weighted by molar-refractivity contribution is 5.39. The van der Waals surface area contributed by atoms with Crippen molar-refractivity contribution in [2.75, 3.05) is 26.2 Å². The molecule has 1 aliphatic heterocycles. The fraction of sp³-hybridized carbons (Fsp3) is 0.467. The molecule has 3 aromatic rings. The quantitative estimate of drug-likeness (QED) is 0.341. The minimum absolute atomic E-state index is 0.633. The number of unbranched alkanes of at least 4 members (excludes halogenated alkanes) is 1. The molecule has 1 aliphatic rings. The third kappa shape index (κ3) is 7.96. The topological polar surface area (TPSA) is 53.1 Å². The summed E-state index contributed by atoms with van der Waals surface area (Å²) < 4.78 is 0. The standard InChI is InChI=1S/C30H41N5/c1-2-3-19-35-20-14-25(15-21-35)30-26(22-31-18-13-28-11-4-6-16-33-28)9-8-10-27(30)23-32-24-29-12-5-7-17-34-29/h4-12,16-17,25,31-32H,2-3,13-15,18-24H2,1H3. The van der Waals surface area contributed by atoms with Crippen molar-refractivity contribution in [2.45, 2.75) is 64.6 Å². The first-order chi connectivity index (χ1) is 17.3. The number of hydrogen-bond acceptors (Lipinski definition) is 5. The Hall–Kier alpha value is -2.60. The molecule has 3 heterocycles. The van der Waals surface area contributed by atoms with E-state index in [-0.39, 0.29) is 0 Å². The van der Waals surface area contributed by atoms with Gasteiger partial charge in [0.05, 0.1) is 5.69 Å². The number of pyridine rings is 2. The summed E-state index contributed by atoms with van der Waals surface area (Å²) in [5, 5.41) is 7.34. The molecule has 2 aromatic heterocycles. The normalized spacial score (nSPS) is 14.9. The Morgan fingerprint density at radius 2 is 1.49 bits per heavy atom. The number of likely N-dealkylation sites (tertiary alicyclic amines) is 1. The SMILES string of the molecule is CCCCN1CCC(c2c(CNCCc3ccccn3)cccc2CNCc2ccccn2)CC1. The number of nitrogens with zero attached hydrogens (tertiary/aromatic N) is 3. The van der Waals surface area contributed by atoms with Gasteiger partial charge in [-0.05, 0) is 85.8 Å². The van der Waals surface area contributed by atoms with Crippen LogP contribution in [-0.2, 0) is 26.1 Å². The van der Waals surface area contributed by atoms with Crippen LogP contribution in [0.3, 0.4) is 0 Å². The highest BCUT2D eigenvalue weighted by Gasteiger charge is 2.24. The van der Waals surface area contributed by atoms with Crippen LogP contribution in [0.4, 0.5) is 0 Å². The van der Waals surface area contributed by atoms with Crippen molar-refractivity contribution in [1.29, 1.82) is 0 Å². The van der Waals surface area contributed by atoms with Crippen molar-refractivity contribution in [3.63, 3.8) is 0 Å². The van der Waals surface area contributed by atoms with Gasteiger partial charge in [0, 0.05) is 50.7 Å². The zero-order valence-corrected chi connectivity index (χ0v) is 21.3. The van der Waals surface area contributed by atoms with Crippen molar-refractivity contribution in [3.8, 4) is 0 Å². The van der Waals surface area contributed by atoms with E-state index in [1.807, 2.05) is 24.5 Å². The zero-order chi connectivity index (χ0) is 24.1. The first-order valence-electron chi connectivity index (χ1n) is 13.4. The molecule has 5 nitrogen and oxygen atoms in total. The lowest BCUT2D eigenvalue weighted by Gasteiger charge is -2.34. The third-order valence-corrected chi connectivity index (χ3v) is 7.06. The lowest BCUT2D eigenvalue weighted by atomic mass is 9.83. The molecule has 5 heteroatoms. The molecule has 1 saturated heterocycles. The molecule has 186 valence electrons. The van der Waals surface area contributed by atoms with Gasteiger partial charge in [-0.3, -0.25) is 9.97 Å². The van der Waals surface area contributed by atoms with E-state index in [0.29, 0.717) is 5.92 Å². The Morgan fingerprint density at radius 1 is 0.800 bits per heavy atom. The Bertz CT molecular complexity index is 984. The lowest BCUT2D eigenvalue weighted by Crippen LogP contribution is -2.34. The summed E-state index contributed by atoms with van der Waals surface area (Å²) in [4.78, 5) is 11.6. The average Bonchev–Trinajstić information content (AvgIpc) is 2.92. The Balaban J connectivity index is 1.41. The molecule has 2 N–H and O–H groups in total. The minimum atomic E-state index is 0.633. The minimum Gasteiger partial charge on any atom is -0.312 e. The number of benzene rings is 1. The van der Waals surface area contributed by atoms with Gasteiger partial charge < -0.3 is 15.5 Å². The molecule has 0 aliphatic carbocycles. The largest absolute Gasteiger partial charge is 0.312 e. The first-order valence-corrected chi connectivity index (χ1v) is 13.4. The average molecular weight is 472 g/mol. The van der Waals surface area contributed by atoms with Gasteiger partial charge in [0.2, 0.25) is 0 Å². The van der Waals surface area contributed by atoms with Crippen LogP contribution in [0.2, 0.25) is 0 Å². The van der Waals surface area contributed by atoms with E-state index >= 15 is 0 Å². The summed E-state index contributed by atoms with van der Waals surface area (Å²) in [6.45, 7) is 9.48. The number of nitrogens with one attached hydrogen (secondary N) is 2. The summed E-state index contributed by atoms with van der Waals surface area (Å²) in [5.41, 5.74) is 6.70. The lowest BCUT2D eigenvalue weighted by molar-refractivity contribution is 0.209. The van der Waals surface area contributed by atoms with E-state index in [2.05, 4.69) is 74.9 Å². The second kappa shape index (κ2) is 14.1. The Labute approximate surface area is 211 Å². The van der Waals surface area contributed by atoms with Gasteiger partial charge in [-0.1, -0.05) is 43.7 Å². The van der Waals surface area contributed by atoms with Gasteiger partial charge in [-0.15, -0.1) is 0 Å². The molecule has 1 fully saturated rings. The Morgan fingerprint density at radius 3 is 2.14 bits per heavy atom. The maximum atomic E-state index is 4.46. The molecule has 1 aromatic carbocycles. The fourth-order valence-electron chi connectivity index (χ4n) is 5.14. The molecule has 35 heavy (non-hydrogen) atoms. The van der Waals surface area contributed by atoms with Crippen LogP contribution in [0.5, 0.6) is 0 Å². The van der Waals surface area contributed by atoms with E-state index in [0.717, 1.165) is 44.0 Å². The van der Waals surface area contributed by atoms with Gasteiger partial charge in [0.25, 0.3) is 0 Å². The summed E-state index contributed by atoms with van der Waals surface area (Å²) in [6.07, 6.45) is 9.79. The van der Waals surface area contributed by atoms with E-state index in [1.165, 1.54) is 56.4 Å². The first kappa shape index (κ1) is 25.5. The number of hydrogen-bond donors (Lipinski definition) is 2. The molecule has 0 unspecified atom stereocenters. The fourth-order valence-corrected chi connectivity index (χ4v) is 5.14. The van der Waals surface area contributed by atoms with E-state index < -0.39 is 0 Å². The Kier molecular flexibility index (Phi) is 10.3. The van der Waals surface area contributed by atoms with E-state index in [4.69, 9.17) is 0 Å². The van der Waals surface area contributed by atoms with Crippen LogP contribution in [0.15, 0.2) is 67.0 Å². The molecule has 0 spiro atoms. The molecular formula is C30H41N5. The maximum absolute atomic E-state index is 4.46. The highest BCUT2D eigenvalue weighted by atomic mass is 15.1. The molecule has 0 atom stereocenters. The monoisotopic (exact) mass is 471 g/mol. The molecule has 0 saturated carbocycles. The number of aromatic nitrogens is 2. The predicted molar refractivity (Wildman–Crippen MR) is 144 cm³/mol. The van der Waals surface area contributed by atoms with Crippen LogP contribution in [0.25, 0.3) is 0 Å². The van der Waals surface area contributed by atoms with Crippen LogP contribution < -0.4 is 10.6 Å². The summed E-state index contributed by atoms with van der Waals surface area (Å²) in [7, 11) is 0. The molecule has 4 rings (SSSR count). The van der Waals surface area contributed by atoms with Crippen LogP contribution in [0.1, 0.15) is 66.6 Å². The summed E-state index contributed by atoms with van der Waals surface area (Å²) in [5.74, 6) is 0.633. The van der Waals surface area contributed by atoms with Crippen LogP contribution in [0, 0.1) is 0 Å². The van der Waals surface area contributed by atoms with Gasteiger partial charge in [-0.25, -0.2) is 0 Å². The molecule has 0 bridgehead atoms. The van der Waals surface area contributed by atoms with E-state index in [1.54, 1.807) is 5.56 Å². The van der Waals surface area contributed by atoms with Crippen LogP contribution in [-0.4, -0.2) is 41.0 Å². The van der Waals surface area contributed by atoms with Crippen molar-refractivity contribution < 1.29 is 0 Å². The smallest absolute Gasteiger partial charge is 0.0541 e. The van der Waals surface area contributed by atoms with Crippen molar-refractivity contribution in [2.24, 2.45) is 0 Å². The van der Waals surface area contributed by atoms with Gasteiger partial charge in [0.1, 0.15) is 0 Å². The maximum Gasteiger partial charge on any atom is 0.0541 e. The van der Waals surface area contributed by atoms with Crippen molar-refractivity contribution in [3.05, 3.63) is 95.1 Å². The van der Waals surface area contributed by atoms with Crippen molar-refractivity contribution >= 4 is 0 Å². The molecule has 0 radical (unpaired) electrons. The second-order valence-electron chi connectivity index (χ2n) is 9.63. The highest BCUT2D eigenvalue weighted by Crippen LogP contribution is 2.33. The molecule has 0 amide bonds. The second-order valence-corrected chi connectivity index (χ2v) is 9.63. The van der Waals surface area contributed by atoms with Crippen molar-refractivity contribution in [1.82, 2.24) is 25.5 Å². The number of piperidine rings is 1. The van der Waals surface area contributed by atoms with Gasteiger partial charge in [0.15, 0.2) is 0 Å². The van der Waals surface area contributed by atoms with Crippen LogP contribution >= 0.6 is 0 Å².